The van der Waals surface area contributed by atoms with Crippen LogP contribution in [-0.2, 0) is 17.8 Å². The fourth-order valence-corrected chi connectivity index (χ4v) is 1.38. The third-order valence-corrected chi connectivity index (χ3v) is 2.63. The van der Waals surface area contributed by atoms with Crippen LogP contribution in [0.15, 0.2) is 4.52 Å². The van der Waals surface area contributed by atoms with Gasteiger partial charge in [0.15, 0.2) is 5.82 Å². The molecule has 0 radical (unpaired) electrons. The summed E-state index contributed by atoms with van der Waals surface area (Å²) in [5.74, 6) is 1.07. The van der Waals surface area contributed by atoms with Crippen molar-refractivity contribution in [3.63, 3.8) is 0 Å². The quantitative estimate of drug-likeness (QED) is 0.867. The lowest BCUT2D eigenvalue weighted by atomic mass is 9.92. The van der Waals surface area contributed by atoms with Crippen LogP contribution in [-0.4, -0.2) is 34.5 Å². The Balaban J connectivity index is 0.00000289. The second-order valence-corrected chi connectivity index (χ2v) is 4.71. The lowest BCUT2D eigenvalue weighted by Crippen LogP contribution is -2.42. The molecule has 0 aliphatic rings. The zero-order chi connectivity index (χ0) is 13.1. The molecule has 0 aromatic carbocycles. The van der Waals surface area contributed by atoms with E-state index >= 15 is 0 Å². The standard InChI is InChI=1S/C11H20N4O2.ClH/c1-5-8-13-9(17-14-8)6-15(4)10(16)11(2,3)7-12;/h5-7,12H2,1-4H3;1H. The van der Waals surface area contributed by atoms with Gasteiger partial charge in [0.1, 0.15) is 0 Å². The molecule has 1 heterocycles. The Bertz CT molecular complexity index is 392. The Morgan fingerprint density at radius 3 is 2.56 bits per heavy atom. The predicted octanol–water partition coefficient (Wildman–Crippen LogP) is 0.997. The van der Waals surface area contributed by atoms with E-state index in [-0.39, 0.29) is 18.3 Å². The lowest BCUT2D eigenvalue weighted by Gasteiger charge is -2.27. The van der Waals surface area contributed by atoms with E-state index in [0.717, 1.165) is 6.42 Å². The molecule has 1 rings (SSSR count). The summed E-state index contributed by atoms with van der Waals surface area (Å²) in [4.78, 5) is 17.7. The van der Waals surface area contributed by atoms with Gasteiger partial charge in [-0.2, -0.15) is 4.98 Å². The molecule has 1 aromatic rings. The molecule has 0 unspecified atom stereocenters. The van der Waals surface area contributed by atoms with Crippen LogP contribution < -0.4 is 5.73 Å². The molecule has 7 heteroatoms. The molecular formula is C11H21ClN4O2. The molecule has 0 spiro atoms. The Labute approximate surface area is 113 Å². The van der Waals surface area contributed by atoms with Gasteiger partial charge in [-0.15, -0.1) is 12.4 Å². The number of carbonyl (C=O) groups is 1. The molecule has 0 saturated carbocycles. The summed E-state index contributed by atoms with van der Waals surface area (Å²) in [5.41, 5.74) is 5.00. The highest BCUT2D eigenvalue weighted by Gasteiger charge is 2.29. The first-order valence-corrected chi connectivity index (χ1v) is 5.67. The maximum Gasteiger partial charge on any atom is 0.246 e. The average molecular weight is 277 g/mol. The summed E-state index contributed by atoms with van der Waals surface area (Å²) in [5, 5.41) is 3.78. The Hall–Kier alpha value is -1.14. The van der Waals surface area contributed by atoms with E-state index in [1.54, 1.807) is 11.9 Å². The second kappa shape index (κ2) is 6.70. The maximum atomic E-state index is 12.0. The number of halogens is 1. The largest absolute Gasteiger partial charge is 0.337 e. The first-order chi connectivity index (χ1) is 7.90. The van der Waals surface area contributed by atoms with Crippen LogP contribution in [0.25, 0.3) is 0 Å². The molecule has 18 heavy (non-hydrogen) atoms. The van der Waals surface area contributed by atoms with Crippen molar-refractivity contribution < 1.29 is 9.32 Å². The molecule has 1 aromatic heterocycles. The Kier molecular flexibility index (Phi) is 6.28. The van der Waals surface area contributed by atoms with Crippen molar-refractivity contribution in [2.45, 2.75) is 33.7 Å². The first kappa shape index (κ1) is 16.9. The number of aryl methyl sites for hydroxylation is 1. The maximum absolute atomic E-state index is 12.0. The monoisotopic (exact) mass is 276 g/mol. The summed E-state index contributed by atoms with van der Waals surface area (Å²) in [7, 11) is 1.70. The molecule has 1 amide bonds. The molecule has 0 fully saturated rings. The Morgan fingerprint density at radius 2 is 2.11 bits per heavy atom. The predicted molar refractivity (Wildman–Crippen MR) is 70.2 cm³/mol. The van der Waals surface area contributed by atoms with Crippen LogP contribution in [0, 0.1) is 5.41 Å². The van der Waals surface area contributed by atoms with Gasteiger partial charge in [0.25, 0.3) is 0 Å². The number of nitrogens with two attached hydrogens (primary N) is 1. The molecular weight excluding hydrogens is 256 g/mol. The number of rotatable bonds is 5. The fourth-order valence-electron chi connectivity index (χ4n) is 1.38. The summed E-state index contributed by atoms with van der Waals surface area (Å²) in [6.07, 6.45) is 0.718. The van der Waals surface area contributed by atoms with Crippen LogP contribution in [0.4, 0.5) is 0 Å². The summed E-state index contributed by atoms with van der Waals surface area (Å²) >= 11 is 0. The summed E-state index contributed by atoms with van der Waals surface area (Å²) in [6, 6.07) is 0. The molecule has 0 aliphatic heterocycles. The molecule has 0 saturated heterocycles. The van der Waals surface area contributed by atoms with Gasteiger partial charge in [-0.1, -0.05) is 12.1 Å². The topological polar surface area (TPSA) is 85.2 Å². The van der Waals surface area contributed by atoms with Gasteiger partial charge < -0.3 is 15.2 Å². The minimum absolute atomic E-state index is 0. The van der Waals surface area contributed by atoms with Gasteiger partial charge in [-0.25, -0.2) is 0 Å². The van der Waals surface area contributed by atoms with Gasteiger partial charge in [0, 0.05) is 20.0 Å². The number of hydrogen-bond acceptors (Lipinski definition) is 5. The number of hydrogen-bond donors (Lipinski definition) is 1. The van der Waals surface area contributed by atoms with E-state index in [1.165, 1.54) is 0 Å². The zero-order valence-electron chi connectivity index (χ0n) is 11.3. The number of amides is 1. The van der Waals surface area contributed by atoms with Crippen molar-refractivity contribution in [3.05, 3.63) is 11.7 Å². The first-order valence-electron chi connectivity index (χ1n) is 5.67. The van der Waals surface area contributed by atoms with Crippen molar-refractivity contribution in [1.82, 2.24) is 15.0 Å². The fraction of sp³-hybridized carbons (Fsp3) is 0.727. The zero-order valence-corrected chi connectivity index (χ0v) is 12.1. The third-order valence-electron chi connectivity index (χ3n) is 2.63. The van der Waals surface area contributed by atoms with Crippen LogP contribution in [0.1, 0.15) is 32.5 Å². The number of carbonyl (C=O) groups excluding carboxylic acids is 1. The van der Waals surface area contributed by atoms with Crippen LogP contribution in [0.5, 0.6) is 0 Å². The molecule has 0 atom stereocenters. The van der Waals surface area contributed by atoms with E-state index in [2.05, 4.69) is 10.1 Å². The summed E-state index contributed by atoms with van der Waals surface area (Å²) < 4.78 is 5.04. The van der Waals surface area contributed by atoms with E-state index < -0.39 is 5.41 Å². The molecule has 6 nitrogen and oxygen atoms in total. The minimum Gasteiger partial charge on any atom is -0.337 e. The van der Waals surface area contributed by atoms with Crippen LogP contribution in [0.3, 0.4) is 0 Å². The smallest absolute Gasteiger partial charge is 0.246 e. The van der Waals surface area contributed by atoms with Crippen LogP contribution >= 0.6 is 12.4 Å². The summed E-state index contributed by atoms with van der Waals surface area (Å²) in [6.45, 7) is 6.20. The molecule has 0 aliphatic carbocycles. The van der Waals surface area contributed by atoms with Crippen molar-refractivity contribution in [2.75, 3.05) is 13.6 Å². The minimum atomic E-state index is -0.567. The van der Waals surface area contributed by atoms with E-state index in [1.807, 2.05) is 20.8 Å². The van der Waals surface area contributed by atoms with Gasteiger partial charge in [0.2, 0.25) is 11.8 Å². The average Bonchev–Trinajstić information content (AvgIpc) is 2.75. The molecule has 104 valence electrons. The van der Waals surface area contributed by atoms with Crippen molar-refractivity contribution in [3.8, 4) is 0 Å². The van der Waals surface area contributed by atoms with Gasteiger partial charge in [0.05, 0.1) is 12.0 Å². The highest BCUT2D eigenvalue weighted by atomic mass is 35.5. The normalized spacial score (nSPS) is 10.9. The van der Waals surface area contributed by atoms with E-state index in [9.17, 15) is 4.79 Å². The van der Waals surface area contributed by atoms with E-state index in [0.29, 0.717) is 24.8 Å². The molecule has 2 N–H and O–H groups in total. The van der Waals surface area contributed by atoms with Gasteiger partial charge >= 0.3 is 0 Å². The lowest BCUT2D eigenvalue weighted by molar-refractivity contribution is -0.139. The molecule has 0 bridgehead atoms. The van der Waals surface area contributed by atoms with Crippen LogP contribution in [0.2, 0.25) is 0 Å². The van der Waals surface area contributed by atoms with Gasteiger partial charge in [-0.3, -0.25) is 4.79 Å². The van der Waals surface area contributed by atoms with Crippen molar-refractivity contribution in [2.24, 2.45) is 11.1 Å². The second-order valence-electron chi connectivity index (χ2n) is 4.71. The SMILES string of the molecule is CCc1noc(CN(C)C(=O)C(C)(C)CN)n1.Cl. The van der Waals surface area contributed by atoms with Gasteiger partial charge in [-0.05, 0) is 13.8 Å². The van der Waals surface area contributed by atoms with E-state index in [4.69, 9.17) is 10.3 Å². The highest BCUT2D eigenvalue weighted by molar-refractivity contribution is 5.85. The number of nitrogens with zero attached hydrogens (tertiary/aromatic N) is 3. The number of aromatic nitrogens is 2. The van der Waals surface area contributed by atoms with Crippen molar-refractivity contribution in [1.29, 1.82) is 0 Å². The highest BCUT2D eigenvalue weighted by Crippen LogP contribution is 2.17. The Morgan fingerprint density at radius 1 is 1.50 bits per heavy atom. The van der Waals surface area contributed by atoms with Crippen molar-refractivity contribution >= 4 is 18.3 Å². The third kappa shape index (κ3) is 3.96.